The lowest BCUT2D eigenvalue weighted by Crippen LogP contribution is -2.24. The molecule has 0 fully saturated rings. The summed E-state index contributed by atoms with van der Waals surface area (Å²) in [7, 11) is 1.41. The Bertz CT molecular complexity index is 321. The van der Waals surface area contributed by atoms with Gasteiger partial charge in [0.1, 0.15) is 5.03 Å². The van der Waals surface area contributed by atoms with Crippen LogP contribution in [0.4, 0.5) is 4.79 Å². The Labute approximate surface area is 98.8 Å². The normalized spacial score (nSPS) is 9.88. The first-order valence-corrected chi connectivity index (χ1v) is 5.65. The van der Waals surface area contributed by atoms with Crippen molar-refractivity contribution in [3.8, 4) is 0 Å². The molecule has 0 radical (unpaired) electrons. The number of hydroxylamine groups is 1. The van der Waals surface area contributed by atoms with Gasteiger partial charge >= 0.3 is 6.09 Å². The quantitative estimate of drug-likeness (QED) is 0.586. The average molecular weight is 242 g/mol. The molecule has 0 spiro atoms. The first kappa shape index (κ1) is 12.8. The first-order chi connectivity index (χ1) is 7.77. The Morgan fingerprint density at radius 2 is 2.38 bits per heavy atom. The highest BCUT2D eigenvalue weighted by molar-refractivity contribution is 7.97. The number of carbonyl (C=O) groups excluding carboxylic acids is 1. The van der Waals surface area contributed by atoms with Gasteiger partial charge in [-0.2, -0.15) is 0 Å². The molecule has 0 N–H and O–H groups in total. The fraction of sp³-hybridized carbons (Fsp3) is 0.400. The van der Waals surface area contributed by atoms with Crippen molar-refractivity contribution in [1.29, 1.82) is 0 Å². The fourth-order valence-electron chi connectivity index (χ4n) is 0.877. The van der Waals surface area contributed by atoms with Gasteiger partial charge in [0.25, 0.3) is 0 Å². The minimum atomic E-state index is -0.528. The number of aromatic nitrogens is 1. The van der Waals surface area contributed by atoms with Gasteiger partial charge in [-0.3, -0.25) is 4.84 Å². The molecule has 1 amide bonds. The van der Waals surface area contributed by atoms with Gasteiger partial charge in [-0.15, -0.1) is 4.47 Å². The monoisotopic (exact) mass is 242 g/mol. The molecule has 0 aliphatic heterocycles. The second-order valence-corrected chi connectivity index (χ2v) is 3.75. The third kappa shape index (κ3) is 4.08. The van der Waals surface area contributed by atoms with Crippen LogP contribution in [-0.2, 0) is 9.57 Å². The average Bonchev–Trinajstić information content (AvgIpc) is 2.34. The lowest BCUT2D eigenvalue weighted by Gasteiger charge is -2.16. The van der Waals surface area contributed by atoms with E-state index in [9.17, 15) is 4.79 Å². The van der Waals surface area contributed by atoms with E-state index in [0.717, 1.165) is 22.8 Å². The van der Waals surface area contributed by atoms with E-state index in [0.29, 0.717) is 11.6 Å². The highest BCUT2D eigenvalue weighted by atomic mass is 32.2. The predicted molar refractivity (Wildman–Crippen MR) is 60.6 cm³/mol. The molecular formula is C10H14N2O3S. The zero-order valence-corrected chi connectivity index (χ0v) is 10.1. The molecule has 0 aliphatic rings. The maximum Gasteiger partial charge on any atom is 0.445 e. The molecule has 0 aromatic carbocycles. The number of rotatable bonds is 5. The van der Waals surface area contributed by atoms with Gasteiger partial charge in [-0.25, -0.2) is 9.78 Å². The Morgan fingerprint density at radius 1 is 1.56 bits per heavy atom. The summed E-state index contributed by atoms with van der Waals surface area (Å²) in [5.74, 6) is 0. The largest absolute Gasteiger partial charge is 0.447 e. The predicted octanol–water partition coefficient (Wildman–Crippen LogP) is 2.50. The topological polar surface area (TPSA) is 51.7 Å². The Kier molecular flexibility index (Phi) is 5.66. The summed E-state index contributed by atoms with van der Waals surface area (Å²) in [4.78, 5) is 20.4. The van der Waals surface area contributed by atoms with E-state index in [1.807, 2.05) is 13.0 Å². The van der Waals surface area contributed by atoms with Crippen LogP contribution in [0, 0.1) is 0 Å². The van der Waals surface area contributed by atoms with E-state index in [4.69, 9.17) is 9.57 Å². The molecule has 0 aliphatic carbocycles. The van der Waals surface area contributed by atoms with Gasteiger partial charge in [0, 0.05) is 18.1 Å². The molecule has 1 heterocycles. The van der Waals surface area contributed by atoms with Gasteiger partial charge in [0.05, 0.1) is 13.7 Å². The molecule has 0 saturated heterocycles. The van der Waals surface area contributed by atoms with E-state index >= 15 is 0 Å². The maximum absolute atomic E-state index is 11.5. The van der Waals surface area contributed by atoms with Crippen LogP contribution in [0.2, 0.25) is 0 Å². The summed E-state index contributed by atoms with van der Waals surface area (Å²) >= 11 is 1.07. The van der Waals surface area contributed by atoms with Crippen LogP contribution >= 0.6 is 11.9 Å². The van der Waals surface area contributed by atoms with Gasteiger partial charge in [0.2, 0.25) is 0 Å². The van der Waals surface area contributed by atoms with Crippen LogP contribution in [0.1, 0.15) is 13.3 Å². The molecule has 88 valence electrons. The van der Waals surface area contributed by atoms with Gasteiger partial charge in [-0.1, -0.05) is 13.0 Å². The SMILES string of the molecule is CCCOC(=O)N(OC)Sc1ccccn1. The first-order valence-electron chi connectivity index (χ1n) is 4.88. The van der Waals surface area contributed by atoms with Crippen LogP contribution in [0.25, 0.3) is 0 Å². The Morgan fingerprint density at radius 3 is 2.94 bits per heavy atom. The molecular weight excluding hydrogens is 228 g/mol. The molecule has 0 bridgehead atoms. The van der Waals surface area contributed by atoms with Crippen molar-refractivity contribution >= 4 is 18.0 Å². The molecule has 0 unspecified atom stereocenters. The third-order valence-electron chi connectivity index (χ3n) is 1.56. The van der Waals surface area contributed by atoms with E-state index in [2.05, 4.69) is 4.98 Å². The molecule has 5 nitrogen and oxygen atoms in total. The smallest absolute Gasteiger partial charge is 0.445 e. The molecule has 16 heavy (non-hydrogen) atoms. The van der Waals surface area contributed by atoms with E-state index in [1.54, 1.807) is 18.3 Å². The minimum Gasteiger partial charge on any atom is -0.447 e. The standard InChI is InChI=1S/C10H14N2O3S/c1-3-8-15-10(13)12(14-2)16-9-6-4-5-7-11-9/h4-7H,3,8H2,1-2H3. The van der Waals surface area contributed by atoms with Crippen LogP contribution in [0.5, 0.6) is 0 Å². The van der Waals surface area contributed by atoms with Crippen LogP contribution in [0.15, 0.2) is 29.4 Å². The number of carbonyl (C=O) groups is 1. The van der Waals surface area contributed by atoms with E-state index in [-0.39, 0.29) is 0 Å². The minimum absolute atomic E-state index is 0.376. The summed E-state index contributed by atoms with van der Waals surface area (Å²) in [6.07, 6.45) is 1.89. The zero-order valence-electron chi connectivity index (χ0n) is 9.25. The van der Waals surface area contributed by atoms with Gasteiger partial charge in [-0.05, 0) is 18.6 Å². The van der Waals surface area contributed by atoms with Gasteiger partial charge in [0.15, 0.2) is 0 Å². The fourth-order valence-corrected chi connectivity index (χ4v) is 1.50. The number of hydrogen-bond acceptors (Lipinski definition) is 5. The van der Waals surface area contributed by atoms with E-state index in [1.165, 1.54) is 7.11 Å². The van der Waals surface area contributed by atoms with Gasteiger partial charge < -0.3 is 4.74 Å². The van der Waals surface area contributed by atoms with Crippen LogP contribution in [0.3, 0.4) is 0 Å². The van der Waals surface area contributed by atoms with Crippen molar-refractivity contribution < 1.29 is 14.4 Å². The maximum atomic E-state index is 11.5. The molecule has 0 saturated carbocycles. The highest BCUT2D eigenvalue weighted by Crippen LogP contribution is 2.20. The van der Waals surface area contributed by atoms with Crippen molar-refractivity contribution in [3.63, 3.8) is 0 Å². The highest BCUT2D eigenvalue weighted by Gasteiger charge is 2.16. The summed E-state index contributed by atoms with van der Waals surface area (Å²) in [6, 6.07) is 5.42. The van der Waals surface area contributed by atoms with E-state index < -0.39 is 6.09 Å². The summed E-state index contributed by atoms with van der Waals surface area (Å²) in [5.41, 5.74) is 0. The molecule has 1 rings (SSSR count). The summed E-state index contributed by atoms with van der Waals surface area (Å²) in [6.45, 7) is 2.30. The lowest BCUT2D eigenvalue weighted by atomic mass is 10.5. The van der Waals surface area contributed by atoms with Crippen LogP contribution < -0.4 is 0 Å². The molecule has 1 aromatic rings. The van der Waals surface area contributed by atoms with Crippen molar-refractivity contribution in [2.75, 3.05) is 13.7 Å². The van der Waals surface area contributed by atoms with Crippen molar-refractivity contribution in [2.45, 2.75) is 18.4 Å². The van der Waals surface area contributed by atoms with Crippen molar-refractivity contribution in [3.05, 3.63) is 24.4 Å². The van der Waals surface area contributed by atoms with Crippen molar-refractivity contribution in [2.24, 2.45) is 0 Å². The number of nitrogens with zero attached hydrogens (tertiary/aromatic N) is 2. The lowest BCUT2D eigenvalue weighted by molar-refractivity contribution is -0.0327. The van der Waals surface area contributed by atoms with Crippen molar-refractivity contribution in [1.82, 2.24) is 9.45 Å². The zero-order chi connectivity index (χ0) is 11.8. The molecule has 1 aromatic heterocycles. The molecule has 6 heteroatoms. The Hall–Kier alpha value is -1.27. The second-order valence-electron chi connectivity index (χ2n) is 2.81. The number of ether oxygens (including phenoxy) is 1. The summed E-state index contributed by atoms with van der Waals surface area (Å²) < 4.78 is 5.98. The Balaban J connectivity index is 2.52. The van der Waals surface area contributed by atoms with Crippen LogP contribution in [-0.4, -0.2) is 29.3 Å². The third-order valence-corrected chi connectivity index (χ3v) is 2.45. The number of pyridine rings is 1. The second kappa shape index (κ2) is 7.08. The summed E-state index contributed by atoms with van der Waals surface area (Å²) in [5, 5.41) is 0.665. The molecule has 0 atom stereocenters. The number of hydrogen-bond donors (Lipinski definition) is 0. The number of amides is 1.